The quantitative estimate of drug-likeness (QED) is 0.576. The lowest BCUT2D eigenvalue weighted by Gasteiger charge is -2.17. The molecule has 1 aromatic heterocycles. The lowest BCUT2D eigenvalue weighted by atomic mass is 10.2. The van der Waals surface area contributed by atoms with Crippen LogP contribution in [0.25, 0.3) is 0 Å². The second-order valence-electron chi connectivity index (χ2n) is 4.11. The van der Waals surface area contributed by atoms with Crippen molar-refractivity contribution in [2.45, 2.75) is 0 Å². The van der Waals surface area contributed by atoms with Crippen LogP contribution in [0.15, 0.2) is 12.3 Å². The Hall–Kier alpha value is -1.86. The van der Waals surface area contributed by atoms with Gasteiger partial charge in [-0.25, -0.2) is 4.98 Å². The summed E-state index contributed by atoms with van der Waals surface area (Å²) in [7, 11) is 3.04. The molecule has 7 nitrogen and oxygen atoms in total. The highest BCUT2D eigenvalue weighted by atomic mass is 35.5. The Balaban J connectivity index is 2.62. The van der Waals surface area contributed by atoms with E-state index < -0.39 is 5.91 Å². The van der Waals surface area contributed by atoms with Crippen molar-refractivity contribution in [2.24, 2.45) is 0 Å². The van der Waals surface area contributed by atoms with Crippen molar-refractivity contribution < 1.29 is 14.3 Å². The molecule has 0 aliphatic rings. The normalized spacial score (nSPS) is 10.2. The monoisotopic (exact) mass is 300 g/mol. The Morgan fingerprint density at radius 3 is 2.90 bits per heavy atom. The summed E-state index contributed by atoms with van der Waals surface area (Å²) in [6, 6.07) is 1.43. The van der Waals surface area contributed by atoms with Crippen LogP contribution in [-0.4, -0.2) is 55.6 Å². The Morgan fingerprint density at radius 2 is 2.25 bits per heavy atom. The van der Waals surface area contributed by atoms with Crippen LogP contribution in [0.5, 0.6) is 0 Å². The van der Waals surface area contributed by atoms with Gasteiger partial charge in [0.05, 0.1) is 30.6 Å². The average molecular weight is 301 g/mol. The van der Waals surface area contributed by atoms with E-state index in [4.69, 9.17) is 22.1 Å². The number of halogens is 1. The highest BCUT2D eigenvalue weighted by molar-refractivity contribution is 6.32. The second kappa shape index (κ2) is 7.66. The molecule has 0 radical (unpaired) electrons. The molecule has 0 spiro atoms. The fourth-order valence-electron chi connectivity index (χ4n) is 1.46. The van der Waals surface area contributed by atoms with Gasteiger partial charge in [-0.1, -0.05) is 11.6 Å². The molecule has 0 bridgehead atoms. The van der Waals surface area contributed by atoms with Crippen LogP contribution < -0.4 is 11.1 Å². The van der Waals surface area contributed by atoms with Crippen molar-refractivity contribution in [3.05, 3.63) is 23.0 Å². The number of ether oxygens (including phenoxy) is 1. The molecule has 0 saturated carbocycles. The van der Waals surface area contributed by atoms with E-state index in [0.717, 1.165) is 0 Å². The van der Waals surface area contributed by atoms with Gasteiger partial charge in [-0.05, 0) is 6.07 Å². The summed E-state index contributed by atoms with van der Waals surface area (Å²) in [5, 5.41) is 2.67. The Bertz CT molecular complexity index is 496. The number of aromatic nitrogens is 1. The van der Waals surface area contributed by atoms with Gasteiger partial charge in [0.2, 0.25) is 5.91 Å². The molecule has 8 heteroatoms. The van der Waals surface area contributed by atoms with Gasteiger partial charge in [0, 0.05) is 20.7 Å². The van der Waals surface area contributed by atoms with Crippen LogP contribution in [0, 0.1) is 0 Å². The first-order valence-electron chi connectivity index (χ1n) is 5.87. The van der Waals surface area contributed by atoms with Crippen molar-refractivity contribution >= 4 is 29.1 Å². The topological polar surface area (TPSA) is 97.5 Å². The number of anilines is 1. The third-order valence-corrected chi connectivity index (χ3v) is 2.75. The first kappa shape index (κ1) is 16.2. The number of pyridine rings is 1. The second-order valence-corrected chi connectivity index (χ2v) is 4.47. The third-order valence-electron chi connectivity index (χ3n) is 2.45. The maximum Gasteiger partial charge on any atom is 0.257 e. The first-order valence-corrected chi connectivity index (χ1v) is 6.25. The third kappa shape index (κ3) is 4.67. The number of carbonyl (C=O) groups excluding carboxylic acids is 2. The minimum Gasteiger partial charge on any atom is -0.397 e. The molecule has 0 atom stereocenters. The number of amides is 2. The summed E-state index contributed by atoms with van der Waals surface area (Å²) in [5.74, 6) is -0.706. The standard InChI is InChI=1S/C12H17ClN4O3/c1-17(7-10(18)15-3-4-20-2)12(19)9-5-8(14)6-16-11(9)13/h5-6H,3-4,7,14H2,1-2H3,(H,15,18). The number of hydrogen-bond acceptors (Lipinski definition) is 5. The first-order chi connectivity index (χ1) is 9.45. The fourth-order valence-corrected chi connectivity index (χ4v) is 1.64. The zero-order valence-electron chi connectivity index (χ0n) is 11.4. The highest BCUT2D eigenvalue weighted by Gasteiger charge is 2.18. The van der Waals surface area contributed by atoms with E-state index in [-0.39, 0.29) is 23.2 Å². The van der Waals surface area contributed by atoms with E-state index in [2.05, 4.69) is 10.3 Å². The molecule has 1 rings (SSSR count). The van der Waals surface area contributed by atoms with Gasteiger partial charge < -0.3 is 20.7 Å². The van der Waals surface area contributed by atoms with E-state index in [9.17, 15) is 9.59 Å². The summed E-state index contributed by atoms with van der Waals surface area (Å²) < 4.78 is 4.81. The van der Waals surface area contributed by atoms with E-state index in [1.54, 1.807) is 0 Å². The summed E-state index contributed by atoms with van der Waals surface area (Å²) in [4.78, 5) is 28.7. The lowest BCUT2D eigenvalue weighted by Crippen LogP contribution is -2.39. The smallest absolute Gasteiger partial charge is 0.257 e. The summed E-state index contributed by atoms with van der Waals surface area (Å²) in [6.07, 6.45) is 1.36. The van der Waals surface area contributed by atoms with Gasteiger partial charge in [-0.15, -0.1) is 0 Å². The molecule has 0 fully saturated rings. The number of nitrogen functional groups attached to an aromatic ring is 1. The number of methoxy groups -OCH3 is 1. The molecule has 0 saturated heterocycles. The van der Waals surface area contributed by atoms with Crippen LogP contribution in [0.3, 0.4) is 0 Å². The molecule has 3 N–H and O–H groups in total. The van der Waals surface area contributed by atoms with Crippen molar-refractivity contribution in [3.8, 4) is 0 Å². The van der Waals surface area contributed by atoms with Gasteiger partial charge in [-0.3, -0.25) is 9.59 Å². The number of nitrogens with one attached hydrogen (secondary N) is 1. The minimum absolute atomic E-state index is 0.0517. The molecule has 1 heterocycles. The van der Waals surface area contributed by atoms with Gasteiger partial charge in [0.25, 0.3) is 5.91 Å². The predicted octanol–water partition coefficient (Wildman–Crippen LogP) is 0.152. The zero-order chi connectivity index (χ0) is 15.1. The SMILES string of the molecule is COCCNC(=O)CN(C)C(=O)c1cc(N)cnc1Cl. The van der Waals surface area contributed by atoms with E-state index in [1.807, 2.05) is 0 Å². The average Bonchev–Trinajstić information content (AvgIpc) is 2.41. The Labute approximate surface area is 122 Å². The van der Waals surface area contributed by atoms with Gasteiger partial charge in [0.1, 0.15) is 5.15 Å². The molecule has 0 aliphatic heterocycles. The van der Waals surface area contributed by atoms with E-state index in [1.165, 1.54) is 31.3 Å². The largest absolute Gasteiger partial charge is 0.397 e. The van der Waals surface area contributed by atoms with Crippen molar-refractivity contribution in [1.82, 2.24) is 15.2 Å². The predicted molar refractivity (Wildman–Crippen MR) is 75.5 cm³/mol. The Kier molecular flexibility index (Phi) is 6.20. The lowest BCUT2D eigenvalue weighted by molar-refractivity contribution is -0.121. The maximum absolute atomic E-state index is 12.1. The molecule has 20 heavy (non-hydrogen) atoms. The van der Waals surface area contributed by atoms with Crippen molar-refractivity contribution in [3.63, 3.8) is 0 Å². The van der Waals surface area contributed by atoms with Crippen LogP contribution in [0.4, 0.5) is 5.69 Å². The molecular formula is C12H17ClN4O3. The number of hydrogen-bond donors (Lipinski definition) is 2. The number of nitrogens with zero attached hydrogens (tertiary/aromatic N) is 2. The van der Waals surface area contributed by atoms with Gasteiger partial charge >= 0.3 is 0 Å². The van der Waals surface area contributed by atoms with Crippen molar-refractivity contribution in [2.75, 3.05) is 39.6 Å². The summed E-state index contributed by atoms with van der Waals surface area (Å²) >= 11 is 5.84. The number of rotatable bonds is 6. The minimum atomic E-state index is -0.420. The molecule has 0 aliphatic carbocycles. The highest BCUT2D eigenvalue weighted by Crippen LogP contribution is 2.17. The summed E-state index contributed by atoms with van der Waals surface area (Å²) in [5.41, 5.74) is 6.06. The van der Waals surface area contributed by atoms with Gasteiger partial charge in [0.15, 0.2) is 0 Å². The molecule has 0 aromatic carbocycles. The number of carbonyl (C=O) groups is 2. The molecule has 1 aromatic rings. The fraction of sp³-hybridized carbons (Fsp3) is 0.417. The van der Waals surface area contributed by atoms with E-state index in [0.29, 0.717) is 18.8 Å². The Morgan fingerprint density at radius 1 is 1.55 bits per heavy atom. The van der Waals surface area contributed by atoms with Crippen molar-refractivity contribution in [1.29, 1.82) is 0 Å². The molecule has 0 unspecified atom stereocenters. The zero-order valence-corrected chi connectivity index (χ0v) is 12.1. The number of nitrogens with two attached hydrogens (primary N) is 1. The number of likely N-dealkylation sites (N-methyl/N-ethyl adjacent to an activating group) is 1. The molecule has 110 valence electrons. The van der Waals surface area contributed by atoms with Crippen LogP contribution in [0.2, 0.25) is 5.15 Å². The van der Waals surface area contributed by atoms with Crippen LogP contribution >= 0.6 is 11.6 Å². The van der Waals surface area contributed by atoms with Crippen LogP contribution in [-0.2, 0) is 9.53 Å². The molecule has 2 amide bonds. The maximum atomic E-state index is 12.1. The molecular weight excluding hydrogens is 284 g/mol. The van der Waals surface area contributed by atoms with E-state index >= 15 is 0 Å². The van der Waals surface area contributed by atoms with Gasteiger partial charge in [-0.2, -0.15) is 0 Å². The van der Waals surface area contributed by atoms with Crippen LogP contribution in [0.1, 0.15) is 10.4 Å². The summed E-state index contributed by atoms with van der Waals surface area (Å²) in [6.45, 7) is 0.708.